The molecule has 0 unspecified atom stereocenters. The highest BCUT2D eigenvalue weighted by atomic mass is 16.5. The van der Waals surface area contributed by atoms with Crippen LogP contribution in [0.15, 0.2) is 47.3 Å². The van der Waals surface area contributed by atoms with Crippen molar-refractivity contribution in [2.24, 2.45) is 0 Å². The fourth-order valence-electron chi connectivity index (χ4n) is 6.11. The number of hydrogen-bond acceptors (Lipinski definition) is 7. The van der Waals surface area contributed by atoms with E-state index in [4.69, 9.17) is 4.74 Å². The van der Waals surface area contributed by atoms with E-state index in [0.717, 1.165) is 72.6 Å². The molecule has 1 saturated carbocycles. The zero-order valence-corrected chi connectivity index (χ0v) is 22.4. The molecule has 1 N–H and O–H groups in total. The van der Waals surface area contributed by atoms with E-state index in [2.05, 4.69) is 67.6 Å². The summed E-state index contributed by atoms with van der Waals surface area (Å²) in [5.74, 6) is 1.62. The molecule has 2 aromatic carbocycles. The molecule has 2 aliphatic rings. The first kappa shape index (κ1) is 24.6. The van der Waals surface area contributed by atoms with Crippen molar-refractivity contribution in [3.8, 4) is 5.75 Å². The molecule has 1 aliphatic heterocycles. The number of fused-ring (bicyclic) bond motifs is 1. The largest absolute Gasteiger partial charge is 0.497 e. The number of hydrogen-bond donors (Lipinski definition) is 1. The third-order valence-electron chi connectivity index (χ3n) is 8.32. The summed E-state index contributed by atoms with van der Waals surface area (Å²) in [7, 11) is 1.68. The number of nitrogens with zero attached hydrogens (tertiary/aromatic N) is 6. The number of rotatable bonds is 6. The Hall–Kier alpha value is -3.72. The number of tetrazole rings is 1. The first-order chi connectivity index (χ1) is 18.5. The minimum atomic E-state index is -0.323. The van der Waals surface area contributed by atoms with Crippen molar-refractivity contribution in [1.29, 1.82) is 0 Å². The molecule has 3 heterocycles. The lowest BCUT2D eigenvalue weighted by Gasteiger charge is -2.40. The van der Waals surface area contributed by atoms with Crippen LogP contribution in [0.4, 0.5) is 5.69 Å². The Balaban J connectivity index is 1.38. The van der Waals surface area contributed by atoms with Crippen molar-refractivity contribution in [2.75, 3.05) is 38.2 Å². The van der Waals surface area contributed by atoms with Gasteiger partial charge in [0, 0.05) is 42.8 Å². The van der Waals surface area contributed by atoms with Gasteiger partial charge in [-0.15, -0.1) is 5.10 Å². The van der Waals surface area contributed by atoms with Gasteiger partial charge in [-0.2, -0.15) is 0 Å². The Morgan fingerprint density at radius 2 is 1.68 bits per heavy atom. The van der Waals surface area contributed by atoms with Gasteiger partial charge in [-0.3, -0.25) is 9.69 Å². The lowest BCUT2D eigenvalue weighted by atomic mass is 9.99. The Kier molecular flexibility index (Phi) is 6.61. The summed E-state index contributed by atoms with van der Waals surface area (Å²) in [5, 5.41) is 14.2. The van der Waals surface area contributed by atoms with Crippen LogP contribution in [0.25, 0.3) is 10.9 Å². The van der Waals surface area contributed by atoms with Gasteiger partial charge in [0.2, 0.25) is 0 Å². The highest BCUT2D eigenvalue weighted by molar-refractivity contribution is 5.85. The summed E-state index contributed by atoms with van der Waals surface area (Å²) in [6.45, 7) is 7.40. The maximum Gasteiger partial charge on any atom is 0.253 e. The van der Waals surface area contributed by atoms with Gasteiger partial charge in [-0.1, -0.05) is 25.0 Å². The summed E-state index contributed by atoms with van der Waals surface area (Å²) in [4.78, 5) is 21.6. The van der Waals surface area contributed by atoms with Crippen molar-refractivity contribution >= 4 is 16.6 Å². The number of nitrogens with one attached hydrogen (secondary N) is 1. The molecule has 2 aromatic heterocycles. The van der Waals surface area contributed by atoms with E-state index < -0.39 is 0 Å². The first-order valence-corrected chi connectivity index (χ1v) is 13.6. The third kappa shape index (κ3) is 4.45. The minimum Gasteiger partial charge on any atom is -0.497 e. The van der Waals surface area contributed by atoms with Crippen molar-refractivity contribution in [3.05, 3.63) is 75.3 Å². The zero-order valence-electron chi connectivity index (χ0n) is 22.4. The van der Waals surface area contributed by atoms with E-state index in [1.807, 2.05) is 23.7 Å². The summed E-state index contributed by atoms with van der Waals surface area (Å²) >= 11 is 0. The van der Waals surface area contributed by atoms with Crippen LogP contribution in [0, 0.1) is 13.8 Å². The lowest BCUT2D eigenvalue weighted by molar-refractivity contribution is 0.197. The van der Waals surface area contributed by atoms with E-state index >= 15 is 0 Å². The monoisotopic (exact) mass is 513 g/mol. The average molecular weight is 514 g/mol. The van der Waals surface area contributed by atoms with E-state index in [1.54, 1.807) is 7.11 Å². The fraction of sp³-hybridized carbons (Fsp3) is 0.448. The number of aryl methyl sites for hydroxylation is 2. The SMILES string of the molecule is COc1ccc(N2CCN([C@H](c3cc4c(C)ccc(C)c4[nH]c3=O)c3nnnn3C3CCCC3)CC2)cc1. The molecule has 9 nitrogen and oxygen atoms in total. The Bertz CT molecular complexity index is 1480. The second-order valence-electron chi connectivity index (χ2n) is 10.6. The molecule has 1 aliphatic carbocycles. The summed E-state index contributed by atoms with van der Waals surface area (Å²) < 4.78 is 7.33. The molecule has 1 saturated heterocycles. The number of piperazine rings is 1. The predicted octanol–water partition coefficient (Wildman–Crippen LogP) is 4.17. The molecule has 38 heavy (non-hydrogen) atoms. The molecule has 2 fully saturated rings. The molecule has 4 aromatic rings. The maximum absolute atomic E-state index is 13.7. The normalized spacial score (nSPS) is 17.8. The van der Waals surface area contributed by atoms with E-state index in [1.165, 1.54) is 18.5 Å². The van der Waals surface area contributed by atoms with Crippen LogP contribution in [-0.4, -0.2) is 63.4 Å². The predicted molar refractivity (Wildman–Crippen MR) is 148 cm³/mol. The van der Waals surface area contributed by atoms with Crippen LogP contribution in [0.1, 0.15) is 60.3 Å². The van der Waals surface area contributed by atoms with Crippen molar-refractivity contribution in [1.82, 2.24) is 30.1 Å². The number of anilines is 1. The summed E-state index contributed by atoms with van der Waals surface area (Å²) in [6.07, 6.45) is 4.51. The van der Waals surface area contributed by atoms with Gasteiger partial charge in [0.1, 0.15) is 11.8 Å². The first-order valence-electron chi connectivity index (χ1n) is 13.6. The number of ether oxygens (including phenoxy) is 1. The molecule has 1 atom stereocenters. The molecular weight excluding hydrogens is 478 g/mol. The van der Waals surface area contributed by atoms with Crippen LogP contribution < -0.4 is 15.2 Å². The molecule has 0 spiro atoms. The number of H-pyrrole nitrogens is 1. The Morgan fingerprint density at radius 3 is 2.39 bits per heavy atom. The number of aromatic amines is 1. The number of benzene rings is 2. The van der Waals surface area contributed by atoms with Gasteiger partial charge in [0.05, 0.1) is 18.7 Å². The average Bonchev–Trinajstić information content (AvgIpc) is 3.65. The lowest BCUT2D eigenvalue weighted by Crippen LogP contribution is -2.49. The second kappa shape index (κ2) is 10.2. The molecule has 0 amide bonds. The number of methoxy groups -OCH3 is 1. The molecule has 0 radical (unpaired) electrons. The van der Waals surface area contributed by atoms with Crippen LogP contribution >= 0.6 is 0 Å². The smallest absolute Gasteiger partial charge is 0.253 e. The molecule has 6 rings (SSSR count). The highest BCUT2D eigenvalue weighted by Gasteiger charge is 2.35. The van der Waals surface area contributed by atoms with E-state index in [0.29, 0.717) is 5.56 Å². The zero-order chi connectivity index (χ0) is 26.2. The van der Waals surface area contributed by atoms with Gasteiger partial charge in [-0.05, 0) is 78.6 Å². The number of pyridine rings is 1. The van der Waals surface area contributed by atoms with E-state index in [9.17, 15) is 4.79 Å². The van der Waals surface area contributed by atoms with Gasteiger partial charge in [-0.25, -0.2) is 4.68 Å². The third-order valence-corrected chi connectivity index (χ3v) is 8.32. The van der Waals surface area contributed by atoms with Crippen LogP contribution in [0.3, 0.4) is 0 Å². The molecular formula is C29H35N7O2. The standard InChI is InChI=1S/C29H35N7O2/c1-19-8-9-20(2)26-24(19)18-25(29(37)30-26)27(28-31-32-33-36(28)22-6-4-5-7-22)35-16-14-34(15-17-35)21-10-12-23(38-3)13-11-21/h8-13,18,22,27H,4-7,14-17H2,1-3H3,(H,30,37)/t27-/m1/s1. The van der Waals surface area contributed by atoms with Crippen molar-refractivity contribution < 1.29 is 4.74 Å². The minimum absolute atomic E-state index is 0.0743. The highest BCUT2D eigenvalue weighted by Crippen LogP contribution is 2.35. The number of aromatic nitrogens is 5. The topological polar surface area (TPSA) is 92.2 Å². The Labute approximate surface area is 222 Å². The van der Waals surface area contributed by atoms with Gasteiger partial charge in [0.25, 0.3) is 5.56 Å². The molecule has 0 bridgehead atoms. The summed E-state index contributed by atoms with van der Waals surface area (Å²) in [6, 6.07) is 14.4. The maximum atomic E-state index is 13.7. The van der Waals surface area contributed by atoms with Crippen LogP contribution in [0.2, 0.25) is 0 Å². The Morgan fingerprint density at radius 1 is 0.974 bits per heavy atom. The van der Waals surface area contributed by atoms with Crippen LogP contribution in [-0.2, 0) is 0 Å². The van der Waals surface area contributed by atoms with E-state index in [-0.39, 0.29) is 17.6 Å². The van der Waals surface area contributed by atoms with Gasteiger partial charge >= 0.3 is 0 Å². The summed E-state index contributed by atoms with van der Waals surface area (Å²) in [5.41, 5.74) is 4.91. The second-order valence-corrected chi connectivity index (χ2v) is 10.6. The van der Waals surface area contributed by atoms with Gasteiger partial charge in [0.15, 0.2) is 5.82 Å². The quantitative estimate of drug-likeness (QED) is 0.414. The van der Waals surface area contributed by atoms with Gasteiger partial charge < -0.3 is 14.6 Å². The molecule has 198 valence electrons. The fourth-order valence-corrected chi connectivity index (χ4v) is 6.11. The molecule has 9 heteroatoms. The van der Waals surface area contributed by atoms with Crippen molar-refractivity contribution in [3.63, 3.8) is 0 Å². The van der Waals surface area contributed by atoms with Crippen molar-refractivity contribution in [2.45, 2.75) is 51.6 Å². The van der Waals surface area contributed by atoms with Crippen LogP contribution in [0.5, 0.6) is 5.75 Å².